The predicted molar refractivity (Wildman–Crippen MR) is 83.3 cm³/mol. The number of hydrogen-bond acceptors (Lipinski definition) is 4. The lowest BCUT2D eigenvalue weighted by Gasteiger charge is -2.09. The van der Waals surface area contributed by atoms with Crippen molar-refractivity contribution >= 4 is 27.6 Å². The summed E-state index contributed by atoms with van der Waals surface area (Å²) in [5, 5.41) is 9.47. The van der Waals surface area contributed by atoms with Crippen LogP contribution in [0.4, 0.5) is 5.69 Å². The second-order valence-electron chi connectivity index (χ2n) is 5.05. The summed E-state index contributed by atoms with van der Waals surface area (Å²) in [6.07, 6.45) is 0. The quantitative estimate of drug-likeness (QED) is 0.542. The van der Waals surface area contributed by atoms with Gasteiger partial charge < -0.3 is 5.73 Å². The summed E-state index contributed by atoms with van der Waals surface area (Å²) in [5.74, 6) is 0. The fraction of sp³-hybridized carbons (Fsp3) is 0.0625. The number of hydrogen-bond donors (Lipinski definition) is 1. The Hall–Kier alpha value is -2.95. The zero-order chi connectivity index (χ0) is 14.4. The summed E-state index contributed by atoms with van der Waals surface area (Å²) < 4.78 is 1.84. The van der Waals surface area contributed by atoms with Crippen LogP contribution in [0.1, 0.15) is 5.69 Å². The van der Waals surface area contributed by atoms with Gasteiger partial charge in [-0.15, -0.1) is 5.10 Å². The molecule has 0 spiro atoms. The van der Waals surface area contributed by atoms with Crippen molar-refractivity contribution in [1.29, 1.82) is 0 Å². The number of rotatable bonds is 1. The van der Waals surface area contributed by atoms with Crippen LogP contribution in [0, 0.1) is 6.92 Å². The molecule has 0 aliphatic heterocycles. The van der Waals surface area contributed by atoms with Gasteiger partial charge in [-0.25, -0.2) is 4.68 Å². The lowest BCUT2D eigenvalue weighted by atomic mass is 10.1. The van der Waals surface area contributed by atoms with Gasteiger partial charge in [0.15, 0.2) is 0 Å². The molecule has 21 heavy (non-hydrogen) atoms. The lowest BCUT2D eigenvalue weighted by molar-refractivity contribution is 0.827. The molecule has 2 heterocycles. The minimum Gasteiger partial charge on any atom is -0.399 e. The zero-order valence-corrected chi connectivity index (χ0v) is 11.5. The fourth-order valence-corrected chi connectivity index (χ4v) is 2.58. The Bertz CT molecular complexity index is 971. The number of para-hydroxylation sites is 1. The molecule has 4 aromatic rings. The molecule has 0 saturated carbocycles. The Kier molecular flexibility index (Phi) is 2.41. The normalized spacial score (nSPS) is 11.3. The summed E-state index contributed by atoms with van der Waals surface area (Å²) in [5.41, 5.74) is 11.2. The first-order valence-electron chi connectivity index (χ1n) is 6.70. The molecule has 2 aromatic carbocycles. The molecule has 2 aromatic heterocycles. The summed E-state index contributed by atoms with van der Waals surface area (Å²) in [6, 6.07) is 15.6. The Morgan fingerprint density at radius 3 is 2.76 bits per heavy atom. The van der Waals surface area contributed by atoms with Crippen LogP contribution >= 0.6 is 0 Å². The van der Waals surface area contributed by atoms with E-state index in [1.165, 1.54) is 0 Å². The van der Waals surface area contributed by atoms with Gasteiger partial charge in [0.1, 0.15) is 5.52 Å². The highest BCUT2D eigenvalue weighted by Crippen LogP contribution is 2.26. The maximum Gasteiger partial charge on any atom is 0.113 e. The molecule has 0 atom stereocenters. The Morgan fingerprint density at radius 1 is 1.00 bits per heavy atom. The van der Waals surface area contributed by atoms with Gasteiger partial charge in [0.2, 0.25) is 0 Å². The summed E-state index contributed by atoms with van der Waals surface area (Å²) in [6.45, 7) is 1.97. The fourth-order valence-electron chi connectivity index (χ4n) is 2.58. The van der Waals surface area contributed by atoms with Crippen molar-refractivity contribution in [3.8, 4) is 5.69 Å². The number of nitrogens with zero attached hydrogens (tertiary/aromatic N) is 4. The van der Waals surface area contributed by atoms with Crippen molar-refractivity contribution in [2.75, 3.05) is 5.73 Å². The summed E-state index contributed by atoms with van der Waals surface area (Å²) in [7, 11) is 0. The van der Waals surface area contributed by atoms with Crippen LogP contribution in [0.25, 0.3) is 27.6 Å². The Labute approximate surface area is 121 Å². The Balaban J connectivity index is 2.12. The minimum atomic E-state index is 0.707. The van der Waals surface area contributed by atoms with Gasteiger partial charge in [0.25, 0.3) is 0 Å². The van der Waals surface area contributed by atoms with E-state index in [1.54, 1.807) is 0 Å². The predicted octanol–water partition coefficient (Wildman–Crippen LogP) is 2.86. The second-order valence-corrected chi connectivity index (χ2v) is 5.05. The lowest BCUT2D eigenvalue weighted by Crippen LogP contribution is -2.00. The number of pyridine rings is 1. The summed E-state index contributed by atoms with van der Waals surface area (Å²) in [4.78, 5) is 4.55. The van der Waals surface area contributed by atoms with E-state index in [0.717, 1.165) is 33.3 Å². The number of nitrogen functional groups attached to an aromatic ring is 1. The number of anilines is 1. The van der Waals surface area contributed by atoms with E-state index in [9.17, 15) is 0 Å². The molecule has 2 N–H and O–H groups in total. The smallest absolute Gasteiger partial charge is 0.113 e. The molecule has 0 aliphatic carbocycles. The number of fused-ring (bicyclic) bond motifs is 2. The van der Waals surface area contributed by atoms with Gasteiger partial charge in [-0.2, -0.15) is 0 Å². The molecule has 0 saturated heterocycles. The first-order valence-corrected chi connectivity index (χ1v) is 6.70. The molecule has 0 bridgehead atoms. The zero-order valence-electron chi connectivity index (χ0n) is 11.5. The highest BCUT2D eigenvalue weighted by atomic mass is 15.4. The molecule has 0 aliphatic rings. The molecular weight excluding hydrogens is 262 g/mol. The third-order valence-corrected chi connectivity index (χ3v) is 3.52. The second kappa shape index (κ2) is 4.28. The van der Waals surface area contributed by atoms with Crippen LogP contribution in [-0.4, -0.2) is 20.0 Å². The van der Waals surface area contributed by atoms with Crippen molar-refractivity contribution in [2.24, 2.45) is 0 Å². The van der Waals surface area contributed by atoms with Crippen molar-refractivity contribution in [3.63, 3.8) is 0 Å². The molecule has 0 radical (unpaired) electrons. The SMILES string of the molecule is Cc1cc(-n2nnc3ccccc32)c2cc(N)ccc2n1. The van der Waals surface area contributed by atoms with E-state index >= 15 is 0 Å². The van der Waals surface area contributed by atoms with Crippen LogP contribution in [0.3, 0.4) is 0 Å². The largest absolute Gasteiger partial charge is 0.399 e. The maximum absolute atomic E-state index is 5.92. The number of benzene rings is 2. The van der Waals surface area contributed by atoms with E-state index < -0.39 is 0 Å². The van der Waals surface area contributed by atoms with Gasteiger partial charge in [-0.1, -0.05) is 17.3 Å². The summed E-state index contributed by atoms with van der Waals surface area (Å²) >= 11 is 0. The van der Waals surface area contributed by atoms with Crippen LogP contribution in [0.5, 0.6) is 0 Å². The number of aryl methyl sites for hydroxylation is 1. The topological polar surface area (TPSA) is 69.6 Å². The van der Waals surface area contributed by atoms with E-state index in [4.69, 9.17) is 5.73 Å². The monoisotopic (exact) mass is 275 g/mol. The minimum absolute atomic E-state index is 0.707. The third kappa shape index (κ3) is 1.82. The maximum atomic E-state index is 5.92. The highest BCUT2D eigenvalue weighted by molar-refractivity contribution is 5.91. The van der Waals surface area contributed by atoms with Gasteiger partial charge in [-0.05, 0) is 43.3 Å². The van der Waals surface area contributed by atoms with Crippen LogP contribution in [0.15, 0.2) is 48.5 Å². The Morgan fingerprint density at radius 2 is 1.86 bits per heavy atom. The first kappa shape index (κ1) is 11.8. The molecule has 102 valence electrons. The van der Waals surface area contributed by atoms with Crippen LogP contribution in [-0.2, 0) is 0 Å². The van der Waals surface area contributed by atoms with Crippen molar-refractivity contribution in [1.82, 2.24) is 20.0 Å². The van der Waals surface area contributed by atoms with E-state index in [2.05, 4.69) is 15.3 Å². The van der Waals surface area contributed by atoms with Crippen LogP contribution < -0.4 is 5.73 Å². The molecule has 5 heteroatoms. The molecular formula is C16H13N5. The van der Waals surface area contributed by atoms with E-state index in [-0.39, 0.29) is 0 Å². The number of aromatic nitrogens is 4. The van der Waals surface area contributed by atoms with Gasteiger partial charge >= 0.3 is 0 Å². The molecule has 0 unspecified atom stereocenters. The average molecular weight is 275 g/mol. The van der Waals surface area contributed by atoms with E-state index in [1.807, 2.05) is 60.1 Å². The molecule has 5 nitrogen and oxygen atoms in total. The van der Waals surface area contributed by atoms with Crippen molar-refractivity contribution in [2.45, 2.75) is 6.92 Å². The van der Waals surface area contributed by atoms with Crippen molar-refractivity contribution in [3.05, 3.63) is 54.2 Å². The molecule has 0 amide bonds. The van der Waals surface area contributed by atoms with Gasteiger partial charge in [0.05, 0.1) is 16.7 Å². The average Bonchev–Trinajstić information content (AvgIpc) is 2.91. The molecule has 0 fully saturated rings. The number of nitrogens with two attached hydrogens (primary N) is 1. The molecule has 4 rings (SSSR count). The third-order valence-electron chi connectivity index (χ3n) is 3.52. The first-order chi connectivity index (χ1) is 10.2. The van der Waals surface area contributed by atoms with E-state index in [0.29, 0.717) is 5.69 Å². The van der Waals surface area contributed by atoms with Crippen LogP contribution in [0.2, 0.25) is 0 Å². The standard InChI is InChI=1S/C16H13N5/c1-10-8-16(12-9-11(17)6-7-13(12)18-10)21-15-5-3-2-4-14(15)19-20-21/h2-9H,17H2,1H3. The van der Waals surface area contributed by atoms with Gasteiger partial charge in [0, 0.05) is 16.8 Å². The highest BCUT2D eigenvalue weighted by Gasteiger charge is 2.11. The van der Waals surface area contributed by atoms with Gasteiger partial charge in [-0.3, -0.25) is 4.98 Å². The van der Waals surface area contributed by atoms with Crippen molar-refractivity contribution < 1.29 is 0 Å².